The van der Waals surface area contributed by atoms with Crippen LogP contribution in [0.25, 0.3) is 5.52 Å². The number of hydrogen-bond acceptors (Lipinski definition) is 6. The number of nitrogens with one attached hydrogen (secondary N) is 3. The number of nitriles is 1. The first-order valence-corrected chi connectivity index (χ1v) is 10.2. The van der Waals surface area contributed by atoms with E-state index in [-0.39, 0.29) is 37.9 Å². The third-order valence-corrected chi connectivity index (χ3v) is 6.58. The Labute approximate surface area is 162 Å². The molecule has 3 rings (SSSR count). The second kappa shape index (κ2) is 6.87. The van der Waals surface area contributed by atoms with Gasteiger partial charge in [0.25, 0.3) is 6.43 Å². The lowest BCUT2D eigenvalue weighted by atomic mass is 10.3. The number of halogens is 3. The van der Waals surface area contributed by atoms with Crippen LogP contribution in [0.3, 0.4) is 0 Å². The first kappa shape index (κ1) is 19.8. The van der Waals surface area contributed by atoms with E-state index < -0.39 is 27.0 Å². The zero-order chi connectivity index (χ0) is 20.0. The summed E-state index contributed by atoms with van der Waals surface area (Å²) in [5.74, 6) is 0. The van der Waals surface area contributed by atoms with Crippen LogP contribution in [0.15, 0.2) is 29.3 Å². The zero-order valence-corrected chi connectivity index (χ0v) is 15.9. The Bertz CT molecular complexity index is 1100. The van der Waals surface area contributed by atoms with Crippen LogP contribution in [0.5, 0.6) is 0 Å². The molecule has 1 aliphatic rings. The van der Waals surface area contributed by atoms with Gasteiger partial charge in [-0.1, -0.05) is 11.6 Å². The lowest BCUT2D eigenvalue weighted by molar-refractivity contribution is 0.228. The minimum absolute atomic E-state index is 0.0302. The smallest absolute Gasteiger partial charge is 0.285 e. The highest BCUT2D eigenvalue weighted by atomic mass is 35.5. The Hall–Kier alpha value is -2.00. The minimum Gasteiger partial charge on any atom is -0.307 e. The van der Waals surface area contributed by atoms with Crippen molar-refractivity contribution in [2.45, 2.75) is 29.7 Å². The van der Waals surface area contributed by atoms with E-state index in [1.165, 1.54) is 28.8 Å². The number of nitrogens with zero attached hydrogens (tertiary/aromatic N) is 2. The number of fused-ring (bicyclic) bond motifs is 1. The van der Waals surface area contributed by atoms with Gasteiger partial charge in [0.05, 0.1) is 16.5 Å². The second-order valence-electron chi connectivity index (χ2n) is 5.89. The number of aromatic nitrogens is 1. The van der Waals surface area contributed by atoms with Gasteiger partial charge in [-0.15, -0.1) is 0 Å². The number of pyridine rings is 1. The number of hydrogen-bond donors (Lipinski definition) is 3. The standard InChI is InChI=1S/C15H12ClF2N5O2S2/c16-11-6-8(27(24,25)22-15(7-19)2-3-15)5-10-9(1-4-23(10)11)13(20)26-14(21)12(17)18/h1,4-6,12,20-22H,2-3H2. The molecule has 12 heteroatoms. The molecule has 7 nitrogen and oxygen atoms in total. The Balaban J connectivity index is 2.02. The van der Waals surface area contributed by atoms with Gasteiger partial charge in [-0.3, -0.25) is 10.8 Å². The molecule has 0 bridgehead atoms. The van der Waals surface area contributed by atoms with Crippen LogP contribution < -0.4 is 4.72 Å². The van der Waals surface area contributed by atoms with Gasteiger partial charge in [0, 0.05) is 11.8 Å². The van der Waals surface area contributed by atoms with Gasteiger partial charge in [-0.25, -0.2) is 17.2 Å². The highest BCUT2D eigenvalue weighted by Crippen LogP contribution is 2.36. The number of sulfonamides is 1. The van der Waals surface area contributed by atoms with Gasteiger partial charge in [-0.2, -0.15) is 9.98 Å². The third kappa shape index (κ3) is 3.84. The van der Waals surface area contributed by atoms with E-state index in [9.17, 15) is 17.2 Å². The molecule has 0 aliphatic heterocycles. The van der Waals surface area contributed by atoms with Crippen molar-refractivity contribution < 1.29 is 17.2 Å². The van der Waals surface area contributed by atoms with Gasteiger partial charge in [0.1, 0.15) is 20.8 Å². The molecule has 142 valence electrons. The van der Waals surface area contributed by atoms with E-state index in [4.69, 9.17) is 27.7 Å². The normalized spacial score (nSPS) is 15.7. The lowest BCUT2D eigenvalue weighted by Gasteiger charge is -2.12. The summed E-state index contributed by atoms with van der Waals surface area (Å²) in [6.45, 7) is 0. The third-order valence-electron chi connectivity index (χ3n) is 3.96. The average Bonchev–Trinajstić information content (AvgIpc) is 3.21. The van der Waals surface area contributed by atoms with E-state index in [1.807, 2.05) is 6.07 Å². The van der Waals surface area contributed by atoms with E-state index in [0.29, 0.717) is 12.8 Å². The summed E-state index contributed by atoms with van der Waals surface area (Å²) in [6, 6.07) is 5.80. The minimum atomic E-state index is -4.05. The summed E-state index contributed by atoms with van der Waals surface area (Å²) in [5.41, 5.74) is -0.744. The SMILES string of the molecule is N#CC1(NS(=O)(=O)c2cc(Cl)n3ccc(C(=N)SC(=N)C(F)F)c3c2)CC1. The van der Waals surface area contributed by atoms with E-state index in [1.54, 1.807) is 0 Å². The van der Waals surface area contributed by atoms with Crippen molar-refractivity contribution in [3.05, 3.63) is 35.1 Å². The molecule has 1 fully saturated rings. The van der Waals surface area contributed by atoms with Gasteiger partial charge in [0.15, 0.2) is 0 Å². The second-order valence-corrected chi connectivity index (χ2v) is 9.02. The fourth-order valence-electron chi connectivity index (χ4n) is 2.38. The molecule has 0 unspecified atom stereocenters. The molecule has 0 aromatic carbocycles. The highest BCUT2D eigenvalue weighted by molar-refractivity contribution is 8.26. The first-order valence-electron chi connectivity index (χ1n) is 7.48. The molecule has 2 aromatic rings. The number of thioether (sulfide) groups is 1. The van der Waals surface area contributed by atoms with E-state index >= 15 is 0 Å². The molecule has 1 saturated carbocycles. The van der Waals surface area contributed by atoms with Crippen LogP contribution >= 0.6 is 23.4 Å². The molecule has 1 aliphatic carbocycles. The number of alkyl halides is 2. The van der Waals surface area contributed by atoms with Crippen LogP contribution in [0.2, 0.25) is 5.15 Å². The van der Waals surface area contributed by atoms with Crippen LogP contribution in [0.4, 0.5) is 8.78 Å². The molecule has 0 saturated heterocycles. The molecule has 3 N–H and O–H groups in total. The van der Waals surface area contributed by atoms with E-state index in [0.717, 1.165) is 0 Å². The quantitative estimate of drug-likeness (QED) is 0.382. The average molecular weight is 432 g/mol. The van der Waals surface area contributed by atoms with Crippen LogP contribution in [-0.4, -0.2) is 34.9 Å². The van der Waals surface area contributed by atoms with Gasteiger partial charge in [0.2, 0.25) is 10.0 Å². The molecule has 0 radical (unpaired) electrons. The molecule has 0 spiro atoms. The summed E-state index contributed by atoms with van der Waals surface area (Å²) >= 11 is 6.40. The lowest BCUT2D eigenvalue weighted by Crippen LogP contribution is -2.35. The van der Waals surface area contributed by atoms with Crippen molar-refractivity contribution in [2.24, 2.45) is 0 Å². The number of rotatable bonds is 5. The monoisotopic (exact) mass is 431 g/mol. The van der Waals surface area contributed by atoms with Gasteiger partial charge >= 0.3 is 0 Å². The van der Waals surface area contributed by atoms with Crippen molar-refractivity contribution in [3.8, 4) is 6.07 Å². The van der Waals surface area contributed by atoms with E-state index in [2.05, 4.69) is 4.72 Å². The fourth-order valence-corrected chi connectivity index (χ4v) is 4.71. The summed E-state index contributed by atoms with van der Waals surface area (Å²) in [5, 5.41) is 22.9. The summed E-state index contributed by atoms with van der Waals surface area (Å²) in [4.78, 5) is -0.205. The molecular formula is C15H12ClF2N5O2S2. The Morgan fingerprint density at radius 1 is 1.41 bits per heavy atom. The van der Waals surface area contributed by atoms with Crippen LogP contribution in [0, 0.1) is 22.1 Å². The summed E-state index contributed by atoms with van der Waals surface area (Å²) in [6.07, 6.45) is -0.720. The van der Waals surface area contributed by atoms with Gasteiger partial charge < -0.3 is 4.40 Å². The van der Waals surface area contributed by atoms with Crippen molar-refractivity contribution in [3.63, 3.8) is 0 Å². The maximum atomic E-state index is 12.6. The first-order chi connectivity index (χ1) is 12.6. The Morgan fingerprint density at radius 2 is 2.07 bits per heavy atom. The Kier molecular flexibility index (Phi) is 5.02. The topological polar surface area (TPSA) is 122 Å². The molecule has 0 amide bonds. The molecular weight excluding hydrogens is 420 g/mol. The molecule has 0 atom stereocenters. The van der Waals surface area contributed by atoms with Crippen LogP contribution in [0.1, 0.15) is 18.4 Å². The molecule has 2 aromatic heterocycles. The zero-order valence-electron chi connectivity index (χ0n) is 13.5. The maximum Gasteiger partial charge on any atom is 0.285 e. The van der Waals surface area contributed by atoms with Crippen LogP contribution in [-0.2, 0) is 10.0 Å². The molecule has 27 heavy (non-hydrogen) atoms. The summed E-state index contributed by atoms with van der Waals surface area (Å²) < 4.78 is 54.0. The van der Waals surface area contributed by atoms with Crippen molar-refractivity contribution in [1.29, 1.82) is 16.1 Å². The summed E-state index contributed by atoms with van der Waals surface area (Å²) in [7, 11) is -4.05. The van der Waals surface area contributed by atoms with Gasteiger partial charge in [-0.05, 0) is 42.8 Å². The largest absolute Gasteiger partial charge is 0.307 e. The maximum absolute atomic E-state index is 12.6. The highest BCUT2D eigenvalue weighted by Gasteiger charge is 2.46. The predicted octanol–water partition coefficient (Wildman–Crippen LogP) is 3.23. The van der Waals surface area contributed by atoms with Crippen molar-refractivity contribution in [2.75, 3.05) is 0 Å². The molecule has 2 heterocycles. The Morgan fingerprint density at radius 3 is 2.63 bits per heavy atom. The predicted molar refractivity (Wildman–Crippen MR) is 98.5 cm³/mol. The fraction of sp³-hybridized carbons (Fsp3) is 0.267. The van der Waals surface area contributed by atoms with Crippen molar-refractivity contribution in [1.82, 2.24) is 9.12 Å². The van der Waals surface area contributed by atoms with Crippen molar-refractivity contribution >= 4 is 49.0 Å².